The summed E-state index contributed by atoms with van der Waals surface area (Å²) in [5.41, 5.74) is 1.14. The van der Waals surface area contributed by atoms with Crippen LogP contribution in [0, 0.1) is 17.8 Å². The number of hydrogen-bond donors (Lipinski definition) is 1. The molecule has 0 spiro atoms. The van der Waals surface area contributed by atoms with Gasteiger partial charge in [-0.05, 0) is 76.2 Å². The molecule has 1 N–H and O–H groups in total. The van der Waals surface area contributed by atoms with Gasteiger partial charge in [0.15, 0.2) is 0 Å². The molecule has 2 aliphatic carbocycles. The average molecular weight is 447 g/mol. The second-order valence-corrected chi connectivity index (χ2v) is 9.78. The number of likely N-dealkylation sites (tertiary alicyclic amines) is 1. The Labute approximate surface area is 191 Å². The number of nitrogens with zero attached hydrogens (tertiary/aromatic N) is 4. The van der Waals surface area contributed by atoms with Gasteiger partial charge in [-0.2, -0.15) is 0 Å². The quantitative estimate of drug-likeness (QED) is 0.610. The molecule has 32 heavy (non-hydrogen) atoms. The zero-order valence-electron chi connectivity index (χ0n) is 19.6. The van der Waals surface area contributed by atoms with Gasteiger partial charge in [0, 0.05) is 44.7 Å². The van der Waals surface area contributed by atoms with E-state index in [-0.39, 0.29) is 12.4 Å². The van der Waals surface area contributed by atoms with Gasteiger partial charge in [-0.25, -0.2) is 0 Å². The molecule has 2 saturated carbocycles. The molecule has 3 aliphatic rings. The van der Waals surface area contributed by atoms with Crippen molar-refractivity contribution in [2.45, 2.75) is 44.4 Å². The zero-order chi connectivity index (χ0) is 23.1. The van der Waals surface area contributed by atoms with Crippen molar-refractivity contribution in [3.8, 4) is 0 Å². The third kappa shape index (κ3) is 6.98. The van der Waals surface area contributed by atoms with E-state index < -0.39 is 0 Å². The van der Waals surface area contributed by atoms with Crippen LogP contribution < -0.4 is 0 Å². The summed E-state index contributed by atoms with van der Waals surface area (Å²) in [7, 11) is 6.35. The number of rotatable bonds is 8. The molecule has 4 rings (SSSR count). The van der Waals surface area contributed by atoms with Gasteiger partial charge in [0.2, 0.25) is 5.91 Å². The van der Waals surface area contributed by atoms with Crippen LogP contribution in [-0.2, 0) is 20.9 Å². The Bertz CT molecular complexity index is 728. The fraction of sp³-hybridized carbons (Fsp3) is 0.708. The van der Waals surface area contributed by atoms with Gasteiger partial charge in [-0.1, -0.05) is 6.07 Å². The first-order valence-electron chi connectivity index (χ1n) is 11.6. The zero-order valence-corrected chi connectivity index (χ0v) is 19.6. The summed E-state index contributed by atoms with van der Waals surface area (Å²) in [4.78, 5) is 32.0. The molecule has 0 aromatic carbocycles. The Hall–Kier alpha value is -2.03. The maximum atomic E-state index is 12.9. The molecule has 1 aromatic rings. The predicted molar refractivity (Wildman–Crippen MR) is 122 cm³/mol. The van der Waals surface area contributed by atoms with Crippen molar-refractivity contribution in [2.75, 3.05) is 47.4 Å². The van der Waals surface area contributed by atoms with Crippen LogP contribution in [0.5, 0.6) is 0 Å². The number of fused-ring (bicyclic) bond motifs is 1. The summed E-state index contributed by atoms with van der Waals surface area (Å²) in [5.74, 6) is 2.24. The minimum absolute atomic E-state index is 0.250. The molecule has 3 fully saturated rings. The van der Waals surface area contributed by atoms with Gasteiger partial charge >= 0.3 is 0 Å². The fourth-order valence-corrected chi connectivity index (χ4v) is 5.05. The standard InChI is InChI=1S/C23H36N4O2.CH2O2/c1-25(2)21-9-19-13-27(14-20(19)10-22(21)29-16-17-6-7-17)23(28)15-26(3)12-18-5-4-8-24-11-18;2-1-3/h4-5,8,11,17,19-22H,6-7,9-10,12-16H2,1-3H3;1H,(H,2,3)/t19-,20+,21-,22-;/m1./s1. The molecule has 0 bridgehead atoms. The first kappa shape index (κ1) is 24.6. The van der Waals surface area contributed by atoms with Gasteiger partial charge < -0.3 is 19.6 Å². The van der Waals surface area contributed by atoms with Crippen molar-refractivity contribution in [3.05, 3.63) is 30.1 Å². The molecule has 1 aliphatic heterocycles. The van der Waals surface area contributed by atoms with E-state index in [4.69, 9.17) is 14.6 Å². The number of carbonyl (C=O) groups excluding carboxylic acids is 1. The van der Waals surface area contributed by atoms with Crippen molar-refractivity contribution >= 4 is 12.4 Å². The first-order chi connectivity index (χ1) is 15.4. The number of likely N-dealkylation sites (N-methyl/N-ethyl adjacent to an activating group) is 2. The molecule has 4 atom stereocenters. The number of carboxylic acid groups (broad SMARTS) is 1. The lowest BCUT2D eigenvalue weighted by molar-refractivity contribution is -0.131. The van der Waals surface area contributed by atoms with Gasteiger partial charge in [-0.3, -0.25) is 19.5 Å². The summed E-state index contributed by atoms with van der Waals surface area (Å²) < 4.78 is 6.36. The van der Waals surface area contributed by atoms with E-state index in [1.54, 1.807) is 6.20 Å². The normalized spacial score (nSPS) is 27.1. The smallest absolute Gasteiger partial charge is 0.290 e. The minimum atomic E-state index is -0.250. The maximum absolute atomic E-state index is 12.9. The van der Waals surface area contributed by atoms with E-state index >= 15 is 0 Å². The summed E-state index contributed by atoms with van der Waals surface area (Å²) in [5, 5.41) is 6.89. The number of carbonyl (C=O) groups is 2. The Morgan fingerprint density at radius 2 is 1.94 bits per heavy atom. The van der Waals surface area contributed by atoms with E-state index in [0.29, 0.717) is 30.5 Å². The molecular formula is C24H38N4O4. The highest BCUT2D eigenvalue weighted by Gasteiger charge is 2.44. The third-order valence-electron chi connectivity index (χ3n) is 6.92. The second kappa shape index (κ2) is 11.7. The number of hydrogen-bond acceptors (Lipinski definition) is 6. The van der Waals surface area contributed by atoms with E-state index in [1.165, 1.54) is 12.8 Å². The van der Waals surface area contributed by atoms with Gasteiger partial charge in [0.1, 0.15) is 0 Å². The van der Waals surface area contributed by atoms with Crippen LogP contribution in [0.3, 0.4) is 0 Å². The van der Waals surface area contributed by atoms with Crippen molar-refractivity contribution in [2.24, 2.45) is 17.8 Å². The van der Waals surface area contributed by atoms with Gasteiger partial charge in [-0.15, -0.1) is 0 Å². The van der Waals surface area contributed by atoms with E-state index in [9.17, 15) is 4.79 Å². The molecule has 0 unspecified atom stereocenters. The summed E-state index contributed by atoms with van der Waals surface area (Å²) in [6.45, 7) is 3.69. The van der Waals surface area contributed by atoms with Crippen molar-refractivity contribution in [3.63, 3.8) is 0 Å². The number of pyridine rings is 1. The monoisotopic (exact) mass is 446 g/mol. The molecule has 8 nitrogen and oxygen atoms in total. The summed E-state index contributed by atoms with van der Waals surface area (Å²) >= 11 is 0. The van der Waals surface area contributed by atoms with E-state index in [0.717, 1.165) is 50.6 Å². The van der Waals surface area contributed by atoms with E-state index in [1.807, 2.05) is 19.3 Å². The lowest BCUT2D eigenvalue weighted by Gasteiger charge is -2.41. The lowest BCUT2D eigenvalue weighted by Crippen LogP contribution is -2.48. The first-order valence-corrected chi connectivity index (χ1v) is 11.6. The van der Waals surface area contributed by atoms with Crippen LogP contribution in [0.4, 0.5) is 0 Å². The minimum Gasteiger partial charge on any atom is -0.483 e. The van der Waals surface area contributed by atoms with Crippen LogP contribution in [0.15, 0.2) is 24.5 Å². The van der Waals surface area contributed by atoms with Crippen molar-refractivity contribution in [1.82, 2.24) is 19.7 Å². The topological polar surface area (TPSA) is 86.2 Å². The molecule has 1 saturated heterocycles. The maximum Gasteiger partial charge on any atom is 0.290 e. The highest BCUT2D eigenvalue weighted by atomic mass is 16.5. The number of aromatic nitrogens is 1. The highest BCUT2D eigenvalue weighted by molar-refractivity contribution is 5.78. The number of ether oxygens (including phenoxy) is 1. The van der Waals surface area contributed by atoms with Gasteiger partial charge in [0.05, 0.1) is 12.6 Å². The van der Waals surface area contributed by atoms with Crippen LogP contribution in [-0.4, -0.2) is 96.7 Å². The summed E-state index contributed by atoms with van der Waals surface area (Å²) in [6, 6.07) is 4.47. The molecule has 1 amide bonds. The van der Waals surface area contributed by atoms with Crippen molar-refractivity contribution < 1.29 is 19.4 Å². The van der Waals surface area contributed by atoms with Crippen molar-refractivity contribution in [1.29, 1.82) is 0 Å². The largest absolute Gasteiger partial charge is 0.483 e. The van der Waals surface area contributed by atoms with Crippen LogP contribution in [0.25, 0.3) is 0 Å². The lowest BCUT2D eigenvalue weighted by atomic mass is 9.77. The molecule has 8 heteroatoms. The highest BCUT2D eigenvalue weighted by Crippen LogP contribution is 2.40. The Morgan fingerprint density at radius 1 is 1.25 bits per heavy atom. The molecule has 1 aromatic heterocycles. The Morgan fingerprint density at radius 3 is 2.53 bits per heavy atom. The van der Waals surface area contributed by atoms with Crippen LogP contribution >= 0.6 is 0 Å². The fourth-order valence-electron chi connectivity index (χ4n) is 5.05. The molecule has 0 radical (unpaired) electrons. The molecular weight excluding hydrogens is 408 g/mol. The second-order valence-electron chi connectivity index (χ2n) is 9.78. The predicted octanol–water partition coefficient (Wildman–Crippen LogP) is 1.81. The number of amides is 1. The van der Waals surface area contributed by atoms with Gasteiger partial charge in [0.25, 0.3) is 6.47 Å². The SMILES string of the molecule is CN(CC(=O)N1C[C@H]2C[C@@H](N(C)C)[C@H](OCC3CC3)C[C@H]2C1)Cc1cccnc1.O=CO. The molecule has 178 valence electrons. The van der Waals surface area contributed by atoms with Crippen LogP contribution in [0.1, 0.15) is 31.2 Å². The Balaban J connectivity index is 0.000000913. The Kier molecular flexibility index (Phi) is 9.02. The van der Waals surface area contributed by atoms with Crippen LogP contribution in [0.2, 0.25) is 0 Å². The van der Waals surface area contributed by atoms with E-state index in [2.05, 4.69) is 39.8 Å². The summed E-state index contributed by atoms with van der Waals surface area (Å²) in [6.07, 6.45) is 8.87. The molecule has 2 heterocycles. The third-order valence-corrected chi connectivity index (χ3v) is 6.92. The average Bonchev–Trinajstić information content (AvgIpc) is 3.49.